The monoisotopic (exact) mass is 567 g/mol. The van der Waals surface area contributed by atoms with Gasteiger partial charge >= 0.3 is 6.09 Å². The van der Waals surface area contributed by atoms with Gasteiger partial charge in [0.15, 0.2) is 5.67 Å². The largest absolute Gasteiger partial charge is 0.444 e. The number of fused-ring (bicyclic) bond motifs is 1. The third kappa shape index (κ3) is 4.79. The molecule has 1 spiro atoms. The lowest BCUT2D eigenvalue weighted by atomic mass is 9.57. The Hall–Kier alpha value is -2.20. The lowest BCUT2D eigenvalue weighted by Crippen LogP contribution is -2.57. The van der Waals surface area contributed by atoms with Crippen molar-refractivity contribution in [2.45, 2.75) is 70.6 Å². The second kappa shape index (κ2) is 8.73. The molecule has 0 bridgehead atoms. The van der Waals surface area contributed by atoms with E-state index < -0.39 is 11.3 Å². The Morgan fingerprint density at radius 2 is 2.11 bits per heavy atom. The highest BCUT2D eigenvalue weighted by molar-refractivity contribution is 9.10. The highest BCUT2D eigenvalue weighted by Gasteiger charge is 2.60. The van der Waals surface area contributed by atoms with Gasteiger partial charge in [-0.3, -0.25) is 5.10 Å². The Labute approximate surface area is 216 Å². The molecule has 3 aromatic rings. The number of aryl methyl sites for hydroxylation is 1. The first kappa shape index (κ1) is 24.5. The number of aromatic nitrogens is 4. The van der Waals surface area contributed by atoms with Crippen LogP contribution in [0, 0.1) is 5.41 Å². The van der Waals surface area contributed by atoms with Gasteiger partial charge in [-0.1, -0.05) is 11.6 Å². The number of ether oxygens (including phenoxy) is 1. The number of rotatable bonds is 4. The van der Waals surface area contributed by atoms with Crippen LogP contribution in [0.1, 0.15) is 63.8 Å². The fourth-order valence-electron chi connectivity index (χ4n) is 5.33. The van der Waals surface area contributed by atoms with Gasteiger partial charge in [-0.05, 0) is 85.9 Å². The number of benzene rings is 1. The molecule has 35 heavy (non-hydrogen) atoms. The van der Waals surface area contributed by atoms with Gasteiger partial charge < -0.3 is 14.1 Å². The molecule has 5 rings (SSSR count). The van der Waals surface area contributed by atoms with Crippen molar-refractivity contribution in [3.8, 4) is 0 Å². The van der Waals surface area contributed by atoms with Crippen molar-refractivity contribution in [2.24, 2.45) is 5.41 Å². The zero-order valence-corrected chi connectivity index (χ0v) is 22.3. The maximum Gasteiger partial charge on any atom is 0.410 e. The topological polar surface area (TPSA) is 97.1 Å². The van der Waals surface area contributed by atoms with Crippen molar-refractivity contribution < 1.29 is 18.3 Å². The van der Waals surface area contributed by atoms with Gasteiger partial charge in [0, 0.05) is 34.4 Å². The number of H-pyrrole nitrogens is 1. The number of aromatic amines is 1. The van der Waals surface area contributed by atoms with E-state index in [2.05, 4.69) is 36.3 Å². The van der Waals surface area contributed by atoms with Crippen LogP contribution < -0.4 is 0 Å². The van der Waals surface area contributed by atoms with Gasteiger partial charge in [0.05, 0.1) is 11.7 Å². The molecular formula is C24H28BrClFN5O3. The molecule has 8 nitrogen and oxygen atoms in total. The van der Waals surface area contributed by atoms with E-state index in [1.807, 2.05) is 26.8 Å². The number of halogens is 3. The quantitative estimate of drug-likeness (QED) is 0.407. The highest BCUT2D eigenvalue weighted by Crippen LogP contribution is 2.60. The number of amides is 1. The Morgan fingerprint density at radius 3 is 2.86 bits per heavy atom. The van der Waals surface area contributed by atoms with E-state index in [9.17, 15) is 4.79 Å². The number of alkyl halides is 1. The van der Waals surface area contributed by atoms with E-state index in [1.54, 1.807) is 11.1 Å². The summed E-state index contributed by atoms with van der Waals surface area (Å²) in [4.78, 5) is 14.2. The first-order chi connectivity index (χ1) is 16.5. The number of carbonyl (C=O) groups excluding carboxylic acids is 1. The molecular weight excluding hydrogens is 541 g/mol. The molecule has 1 saturated heterocycles. The van der Waals surface area contributed by atoms with E-state index in [1.165, 1.54) is 0 Å². The number of carbonyl (C=O) groups is 1. The SMILES string of the molecule is CC(C)(C)OC(=O)N1CCCC2(C1)CC(F)(c1nnc(CCc3c(Cl)cc4[nH]ncc4c3Br)o1)C2. The third-order valence-electron chi connectivity index (χ3n) is 6.79. The van der Waals surface area contributed by atoms with E-state index in [4.69, 9.17) is 20.8 Å². The second-order valence-electron chi connectivity index (χ2n) is 10.8. The van der Waals surface area contributed by atoms with Crippen molar-refractivity contribution in [1.82, 2.24) is 25.3 Å². The number of hydrogen-bond acceptors (Lipinski definition) is 6. The smallest absolute Gasteiger partial charge is 0.410 e. The van der Waals surface area contributed by atoms with Crippen LogP contribution in [0.3, 0.4) is 0 Å². The molecule has 1 aromatic carbocycles. The summed E-state index contributed by atoms with van der Waals surface area (Å²) >= 11 is 10.1. The van der Waals surface area contributed by atoms with Crippen LogP contribution in [-0.4, -0.2) is 50.1 Å². The highest BCUT2D eigenvalue weighted by atomic mass is 79.9. The third-order valence-corrected chi connectivity index (χ3v) is 8.04. The molecule has 0 unspecified atom stereocenters. The fraction of sp³-hybridized carbons (Fsp3) is 0.583. The summed E-state index contributed by atoms with van der Waals surface area (Å²) in [7, 11) is 0. The molecule has 2 aliphatic rings. The molecule has 1 amide bonds. The van der Waals surface area contributed by atoms with Crippen molar-refractivity contribution in [3.63, 3.8) is 0 Å². The van der Waals surface area contributed by atoms with Gasteiger partial charge in [-0.15, -0.1) is 10.2 Å². The van der Waals surface area contributed by atoms with E-state index in [-0.39, 0.29) is 30.2 Å². The number of hydrogen-bond donors (Lipinski definition) is 1. The Bertz CT molecular complexity index is 1260. The predicted octanol–water partition coefficient (Wildman–Crippen LogP) is 6.12. The minimum absolute atomic E-state index is 0.0166. The number of nitrogens with zero attached hydrogens (tertiary/aromatic N) is 4. The zero-order valence-electron chi connectivity index (χ0n) is 20.0. The van der Waals surface area contributed by atoms with Crippen LogP contribution in [0.15, 0.2) is 21.2 Å². The Kier molecular flexibility index (Phi) is 6.11. The van der Waals surface area contributed by atoms with E-state index >= 15 is 4.39 Å². The molecule has 1 aliphatic heterocycles. The summed E-state index contributed by atoms with van der Waals surface area (Å²) in [5, 5.41) is 16.6. The molecule has 2 aromatic heterocycles. The Morgan fingerprint density at radius 1 is 1.34 bits per heavy atom. The molecule has 1 aliphatic carbocycles. The second-order valence-corrected chi connectivity index (χ2v) is 12.0. The van der Waals surface area contributed by atoms with E-state index in [0.29, 0.717) is 36.8 Å². The summed E-state index contributed by atoms with van der Waals surface area (Å²) in [5.74, 6) is 0.384. The lowest BCUT2D eigenvalue weighted by molar-refractivity contribution is -0.121. The van der Waals surface area contributed by atoms with Crippen LogP contribution in [0.25, 0.3) is 10.9 Å². The minimum atomic E-state index is -1.67. The van der Waals surface area contributed by atoms with E-state index in [0.717, 1.165) is 33.8 Å². The molecule has 3 heterocycles. The van der Waals surface area contributed by atoms with Crippen LogP contribution in [0.2, 0.25) is 5.02 Å². The van der Waals surface area contributed by atoms with Crippen LogP contribution in [0.4, 0.5) is 9.18 Å². The van der Waals surface area contributed by atoms with Gasteiger partial charge in [-0.25, -0.2) is 9.18 Å². The van der Waals surface area contributed by atoms with Gasteiger partial charge in [0.25, 0.3) is 5.89 Å². The molecule has 0 atom stereocenters. The molecule has 1 N–H and O–H groups in total. The van der Waals surface area contributed by atoms with Crippen molar-refractivity contribution in [2.75, 3.05) is 13.1 Å². The number of likely N-dealkylation sites (tertiary alicyclic amines) is 1. The first-order valence-corrected chi connectivity index (χ1v) is 12.9. The standard InChI is InChI=1S/C24H28BrClFN5O3/c1-22(2,3)35-21(33)32-8-4-7-23(13-32)11-24(27,12-23)20-31-30-18(34-20)6-5-14-16(26)9-17-15(19(14)25)10-28-29-17/h9-10H,4-8,11-13H2,1-3H3,(H,28,29). The van der Waals surface area contributed by atoms with Crippen molar-refractivity contribution >= 4 is 44.5 Å². The van der Waals surface area contributed by atoms with Crippen LogP contribution in [-0.2, 0) is 23.2 Å². The van der Waals surface area contributed by atoms with Crippen LogP contribution in [0.5, 0.6) is 0 Å². The van der Waals surface area contributed by atoms with Gasteiger partial charge in [0.2, 0.25) is 5.89 Å². The molecule has 1 saturated carbocycles. The average Bonchev–Trinajstić information content (AvgIpc) is 3.41. The molecule has 2 fully saturated rings. The van der Waals surface area contributed by atoms with Gasteiger partial charge in [-0.2, -0.15) is 5.10 Å². The predicted molar refractivity (Wildman–Crippen MR) is 132 cm³/mol. The lowest BCUT2D eigenvalue weighted by Gasteiger charge is -2.54. The van der Waals surface area contributed by atoms with Crippen molar-refractivity contribution in [1.29, 1.82) is 0 Å². The Balaban J connectivity index is 1.23. The molecule has 188 valence electrons. The summed E-state index contributed by atoms with van der Waals surface area (Å²) in [6.07, 6.45) is 4.58. The fourth-order valence-corrected chi connectivity index (χ4v) is 6.47. The normalized spacial score (nSPS) is 24.7. The minimum Gasteiger partial charge on any atom is -0.444 e. The summed E-state index contributed by atoms with van der Waals surface area (Å²) < 4.78 is 27.9. The number of nitrogens with one attached hydrogen (secondary N) is 1. The summed E-state index contributed by atoms with van der Waals surface area (Å²) in [5.41, 5.74) is -0.762. The average molecular weight is 569 g/mol. The van der Waals surface area contributed by atoms with Gasteiger partial charge in [0.1, 0.15) is 5.60 Å². The first-order valence-electron chi connectivity index (χ1n) is 11.8. The van der Waals surface area contributed by atoms with Crippen molar-refractivity contribution in [3.05, 3.63) is 39.1 Å². The maximum atomic E-state index is 15.7. The summed E-state index contributed by atoms with van der Waals surface area (Å²) in [6.45, 7) is 6.64. The summed E-state index contributed by atoms with van der Waals surface area (Å²) in [6, 6.07) is 1.83. The molecule has 0 radical (unpaired) electrons. The zero-order chi connectivity index (χ0) is 25.0. The maximum absolute atomic E-state index is 15.7. The van der Waals surface area contributed by atoms with Crippen LogP contribution >= 0.6 is 27.5 Å². The number of piperidine rings is 1. The molecule has 11 heteroatoms.